The highest BCUT2D eigenvalue weighted by Crippen LogP contribution is 2.61. The number of aliphatic hydroxyl groups is 2. The summed E-state index contributed by atoms with van der Waals surface area (Å²) in [7, 11) is 0. The van der Waals surface area contributed by atoms with Gasteiger partial charge in [-0.25, -0.2) is 4.79 Å². The molecule has 0 saturated heterocycles. The minimum Gasteiger partial charge on any atom is -0.429 e. The average molecular weight is 334 g/mol. The third-order valence-corrected chi connectivity index (χ3v) is 7.44. The van der Waals surface area contributed by atoms with Crippen molar-refractivity contribution in [2.24, 2.45) is 22.7 Å². The molecule has 2 aliphatic carbocycles. The molecule has 1 saturated carbocycles. The van der Waals surface area contributed by atoms with Crippen LogP contribution in [0.4, 0.5) is 0 Å². The van der Waals surface area contributed by atoms with Gasteiger partial charge in [0.15, 0.2) is 0 Å². The summed E-state index contributed by atoms with van der Waals surface area (Å²) in [6.45, 7) is 8.91. The van der Waals surface area contributed by atoms with Crippen LogP contribution in [0.25, 0.3) is 0 Å². The highest BCUT2D eigenvalue weighted by Gasteiger charge is 2.57. The molecule has 0 spiro atoms. The zero-order valence-electron chi connectivity index (χ0n) is 15.2. The maximum Gasteiger partial charge on any atom is 0.336 e. The zero-order valence-corrected chi connectivity index (χ0v) is 15.2. The van der Waals surface area contributed by atoms with Gasteiger partial charge in [-0.15, -0.1) is 0 Å². The zero-order chi connectivity index (χ0) is 17.7. The van der Waals surface area contributed by atoms with E-state index in [0.29, 0.717) is 23.8 Å². The van der Waals surface area contributed by atoms with E-state index in [1.54, 1.807) is 0 Å². The van der Waals surface area contributed by atoms with Crippen LogP contribution in [-0.2, 0) is 9.53 Å². The molecule has 3 aliphatic rings. The number of allylic oxidation sites excluding steroid dienone is 1. The number of esters is 1. The minimum atomic E-state index is -1.09. The Morgan fingerprint density at radius 3 is 2.67 bits per heavy atom. The first-order valence-electron chi connectivity index (χ1n) is 9.14. The van der Waals surface area contributed by atoms with Crippen LogP contribution in [0.2, 0.25) is 0 Å². The maximum absolute atomic E-state index is 11.8. The molecule has 0 amide bonds. The minimum absolute atomic E-state index is 0.0537. The lowest BCUT2D eigenvalue weighted by Crippen LogP contribution is -2.56. The first-order valence-corrected chi connectivity index (χ1v) is 9.14. The molecule has 0 bridgehead atoms. The van der Waals surface area contributed by atoms with Crippen LogP contribution in [0.15, 0.2) is 23.3 Å². The first kappa shape index (κ1) is 17.7. The van der Waals surface area contributed by atoms with Crippen molar-refractivity contribution in [3.05, 3.63) is 23.3 Å². The van der Waals surface area contributed by atoms with Crippen molar-refractivity contribution >= 4 is 5.97 Å². The van der Waals surface area contributed by atoms with E-state index in [9.17, 15) is 15.0 Å². The molecule has 1 fully saturated rings. The first-order chi connectivity index (χ1) is 11.2. The second-order valence-electron chi connectivity index (χ2n) is 8.45. The van der Waals surface area contributed by atoms with Crippen molar-refractivity contribution in [2.75, 3.05) is 0 Å². The molecule has 134 valence electrons. The summed E-state index contributed by atoms with van der Waals surface area (Å²) in [6.07, 6.45) is 6.85. The van der Waals surface area contributed by atoms with E-state index < -0.39 is 12.3 Å². The van der Waals surface area contributed by atoms with E-state index in [1.165, 1.54) is 11.6 Å². The highest BCUT2D eigenvalue weighted by molar-refractivity contribution is 5.90. The number of fused-ring (bicyclic) bond motifs is 1. The van der Waals surface area contributed by atoms with Gasteiger partial charge in [0.05, 0.1) is 6.10 Å². The number of aliphatic hydroxyl groups excluding tert-OH is 2. The number of carbonyl (C=O) groups excluding carboxylic acids is 1. The van der Waals surface area contributed by atoms with Crippen LogP contribution in [0.3, 0.4) is 0 Å². The molecule has 3 rings (SSSR count). The second-order valence-corrected chi connectivity index (χ2v) is 8.45. The van der Waals surface area contributed by atoms with Gasteiger partial charge in [0.25, 0.3) is 0 Å². The summed E-state index contributed by atoms with van der Waals surface area (Å²) in [5.74, 6) is 0.396. The Balaban J connectivity index is 1.86. The van der Waals surface area contributed by atoms with Gasteiger partial charge in [-0.2, -0.15) is 0 Å². The number of hydrogen-bond acceptors (Lipinski definition) is 4. The summed E-state index contributed by atoms with van der Waals surface area (Å²) in [5, 5.41) is 20.3. The fourth-order valence-corrected chi connectivity index (χ4v) is 5.43. The van der Waals surface area contributed by atoms with Crippen LogP contribution in [0.5, 0.6) is 0 Å². The third kappa shape index (κ3) is 2.55. The lowest BCUT2D eigenvalue weighted by atomic mass is 9.46. The molecule has 2 N–H and O–H groups in total. The molecule has 1 aliphatic heterocycles. The Labute approximate surface area is 144 Å². The SMILES string of the molecule is CC1=CCC[C@H]2[C@](C)(CCC3=C[C@@H](O)OC3=O)[C@@H](C)C[C@@H](O)[C@@]12C. The smallest absolute Gasteiger partial charge is 0.336 e. The van der Waals surface area contributed by atoms with Gasteiger partial charge in [-0.3, -0.25) is 0 Å². The van der Waals surface area contributed by atoms with Gasteiger partial charge < -0.3 is 14.9 Å². The Hall–Kier alpha value is -1.13. The van der Waals surface area contributed by atoms with E-state index in [2.05, 4.69) is 33.8 Å². The van der Waals surface area contributed by atoms with E-state index in [1.807, 2.05) is 0 Å². The van der Waals surface area contributed by atoms with Gasteiger partial charge in [-0.1, -0.05) is 32.4 Å². The fourth-order valence-electron chi connectivity index (χ4n) is 5.43. The third-order valence-electron chi connectivity index (χ3n) is 7.44. The average Bonchev–Trinajstić information content (AvgIpc) is 2.84. The monoisotopic (exact) mass is 334 g/mol. The Bertz CT molecular complexity index is 592. The lowest BCUT2D eigenvalue weighted by Gasteiger charge is -2.60. The molecule has 0 aromatic rings. The molecule has 6 atom stereocenters. The molecular formula is C20H30O4. The molecule has 0 aromatic carbocycles. The van der Waals surface area contributed by atoms with Crippen LogP contribution in [-0.4, -0.2) is 28.6 Å². The van der Waals surface area contributed by atoms with Crippen molar-refractivity contribution in [2.45, 2.75) is 72.2 Å². The Kier molecular flexibility index (Phi) is 4.42. The van der Waals surface area contributed by atoms with Crippen molar-refractivity contribution in [3.8, 4) is 0 Å². The van der Waals surface area contributed by atoms with Gasteiger partial charge in [0, 0.05) is 11.0 Å². The Morgan fingerprint density at radius 2 is 2.04 bits per heavy atom. The number of carbonyl (C=O) groups is 1. The fraction of sp³-hybridized carbons (Fsp3) is 0.750. The number of hydrogen-bond donors (Lipinski definition) is 2. The standard InChI is InChI=1S/C20H30O4/c1-12-6-5-7-15-19(3,13(2)10-16(21)20(12,15)4)9-8-14-11-17(22)24-18(14)23/h6,11,13,15-17,21-22H,5,7-10H2,1-4H3/t13-,15-,16+,17-,19+,20-/m0/s1. The molecule has 0 unspecified atom stereocenters. The predicted molar refractivity (Wildman–Crippen MR) is 91.9 cm³/mol. The predicted octanol–water partition coefficient (Wildman–Crippen LogP) is 3.34. The van der Waals surface area contributed by atoms with E-state index in [0.717, 1.165) is 25.7 Å². The van der Waals surface area contributed by atoms with Crippen molar-refractivity contribution in [1.29, 1.82) is 0 Å². The molecule has 24 heavy (non-hydrogen) atoms. The largest absolute Gasteiger partial charge is 0.429 e. The summed E-state index contributed by atoms with van der Waals surface area (Å²) in [5.41, 5.74) is 1.77. The summed E-state index contributed by atoms with van der Waals surface area (Å²) in [4.78, 5) is 11.8. The van der Waals surface area contributed by atoms with Crippen LogP contribution >= 0.6 is 0 Å². The number of ether oxygens (including phenoxy) is 1. The van der Waals surface area contributed by atoms with Crippen LogP contribution in [0, 0.1) is 22.7 Å². The molecule has 4 heteroatoms. The topological polar surface area (TPSA) is 66.8 Å². The quantitative estimate of drug-likeness (QED) is 0.614. The van der Waals surface area contributed by atoms with Crippen molar-refractivity contribution < 1.29 is 19.7 Å². The second kappa shape index (κ2) is 5.99. The Morgan fingerprint density at radius 1 is 1.33 bits per heavy atom. The maximum atomic E-state index is 11.8. The van der Waals surface area contributed by atoms with Gasteiger partial charge in [0.2, 0.25) is 6.29 Å². The summed E-state index contributed by atoms with van der Waals surface area (Å²) < 4.78 is 4.81. The van der Waals surface area contributed by atoms with E-state index in [4.69, 9.17) is 4.74 Å². The normalized spacial score (nSPS) is 45.3. The number of cyclic esters (lactones) is 1. The molecule has 1 heterocycles. The van der Waals surface area contributed by atoms with E-state index in [-0.39, 0.29) is 16.9 Å². The van der Waals surface area contributed by atoms with E-state index >= 15 is 0 Å². The van der Waals surface area contributed by atoms with Gasteiger partial charge in [-0.05, 0) is 62.4 Å². The van der Waals surface area contributed by atoms with Crippen LogP contribution < -0.4 is 0 Å². The molecule has 0 aromatic heterocycles. The number of rotatable bonds is 3. The van der Waals surface area contributed by atoms with Crippen molar-refractivity contribution in [3.63, 3.8) is 0 Å². The summed E-state index contributed by atoms with van der Waals surface area (Å²) in [6, 6.07) is 0. The van der Waals surface area contributed by atoms with Gasteiger partial charge in [0.1, 0.15) is 0 Å². The molecular weight excluding hydrogens is 304 g/mol. The highest BCUT2D eigenvalue weighted by atomic mass is 16.6. The molecule has 0 radical (unpaired) electrons. The summed E-state index contributed by atoms with van der Waals surface area (Å²) >= 11 is 0. The van der Waals surface area contributed by atoms with Gasteiger partial charge >= 0.3 is 5.97 Å². The molecule has 4 nitrogen and oxygen atoms in total. The lowest BCUT2D eigenvalue weighted by molar-refractivity contribution is -0.151. The van der Waals surface area contributed by atoms with Crippen LogP contribution in [0.1, 0.15) is 59.8 Å². The van der Waals surface area contributed by atoms with Crippen molar-refractivity contribution in [1.82, 2.24) is 0 Å².